The van der Waals surface area contributed by atoms with E-state index in [0.717, 1.165) is 0 Å². The molecule has 1 amide bonds. The van der Waals surface area contributed by atoms with Crippen LogP contribution in [-0.2, 0) is 9.59 Å². The Morgan fingerprint density at radius 3 is 2.50 bits per heavy atom. The van der Waals surface area contributed by atoms with E-state index in [2.05, 4.69) is 5.32 Å². The summed E-state index contributed by atoms with van der Waals surface area (Å²) in [5.74, 6) is -1.79. The fourth-order valence-corrected chi connectivity index (χ4v) is 1.79. The molecule has 1 aromatic rings. The largest absolute Gasteiger partial charge is 0.481 e. The zero-order chi connectivity index (χ0) is 13.1. The molecule has 0 aliphatic carbocycles. The number of anilines is 1. The van der Waals surface area contributed by atoms with E-state index in [1.807, 2.05) is 0 Å². The molecule has 1 aliphatic rings. The molecule has 96 valence electrons. The molecule has 1 aliphatic heterocycles. The number of hydrogen-bond acceptors (Lipinski definition) is 3. The second kappa shape index (κ2) is 5.14. The molecule has 0 spiro atoms. The van der Waals surface area contributed by atoms with Crippen molar-refractivity contribution in [2.75, 3.05) is 25.0 Å². The van der Waals surface area contributed by atoms with Crippen molar-refractivity contribution >= 4 is 17.6 Å². The van der Waals surface area contributed by atoms with Crippen molar-refractivity contribution < 1.29 is 19.1 Å². The molecule has 5 nitrogen and oxygen atoms in total. The van der Waals surface area contributed by atoms with Crippen LogP contribution < -0.4 is 5.32 Å². The monoisotopic (exact) mass is 252 g/mol. The average Bonchev–Trinajstić information content (AvgIpc) is 2.25. The highest BCUT2D eigenvalue weighted by Crippen LogP contribution is 2.15. The van der Waals surface area contributed by atoms with Crippen LogP contribution in [0.15, 0.2) is 24.3 Å². The first kappa shape index (κ1) is 12.5. The number of benzene rings is 1. The molecule has 18 heavy (non-hydrogen) atoms. The number of nitrogens with one attached hydrogen (secondary N) is 1. The van der Waals surface area contributed by atoms with Gasteiger partial charge in [-0.05, 0) is 24.3 Å². The number of rotatable bonds is 4. The predicted molar refractivity (Wildman–Crippen MR) is 62.6 cm³/mol. The van der Waals surface area contributed by atoms with Crippen LogP contribution in [0.5, 0.6) is 0 Å². The Morgan fingerprint density at radius 1 is 1.33 bits per heavy atom. The van der Waals surface area contributed by atoms with Gasteiger partial charge in [-0.1, -0.05) is 0 Å². The van der Waals surface area contributed by atoms with Gasteiger partial charge < -0.3 is 10.4 Å². The Labute approximate surface area is 103 Å². The van der Waals surface area contributed by atoms with E-state index in [0.29, 0.717) is 18.8 Å². The summed E-state index contributed by atoms with van der Waals surface area (Å²) >= 11 is 0. The zero-order valence-corrected chi connectivity index (χ0v) is 9.60. The molecular formula is C12H13FN2O3. The van der Waals surface area contributed by atoms with Gasteiger partial charge in [-0.2, -0.15) is 0 Å². The standard InChI is InChI=1S/C12H13FN2O3/c13-9-1-3-10(4-2-9)14-11(16)7-15-5-8(6-15)12(17)18/h1-4,8H,5-7H2,(H,14,16)(H,17,18). The summed E-state index contributed by atoms with van der Waals surface area (Å²) in [6.45, 7) is 0.944. The lowest BCUT2D eigenvalue weighted by Gasteiger charge is -2.35. The van der Waals surface area contributed by atoms with Gasteiger partial charge >= 0.3 is 5.97 Å². The number of halogens is 1. The van der Waals surface area contributed by atoms with Crippen molar-refractivity contribution in [2.45, 2.75) is 0 Å². The summed E-state index contributed by atoms with van der Waals surface area (Å²) in [6, 6.07) is 5.48. The second-order valence-electron chi connectivity index (χ2n) is 4.28. The molecule has 1 heterocycles. The number of nitrogens with zero attached hydrogens (tertiary/aromatic N) is 1. The lowest BCUT2D eigenvalue weighted by molar-refractivity contribution is -0.148. The molecule has 2 N–H and O–H groups in total. The summed E-state index contributed by atoms with van der Waals surface area (Å²) in [7, 11) is 0. The third kappa shape index (κ3) is 3.04. The lowest BCUT2D eigenvalue weighted by Crippen LogP contribution is -2.52. The molecule has 0 aromatic heterocycles. The van der Waals surface area contributed by atoms with Crippen LogP contribution in [0, 0.1) is 11.7 Å². The molecule has 6 heteroatoms. The third-order valence-corrected chi connectivity index (χ3v) is 2.80. The molecule has 2 rings (SSSR count). The van der Waals surface area contributed by atoms with E-state index in [4.69, 9.17) is 5.11 Å². The van der Waals surface area contributed by atoms with E-state index >= 15 is 0 Å². The average molecular weight is 252 g/mol. The third-order valence-electron chi connectivity index (χ3n) is 2.80. The minimum Gasteiger partial charge on any atom is -0.481 e. The van der Waals surface area contributed by atoms with E-state index in [1.165, 1.54) is 24.3 Å². The zero-order valence-electron chi connectivity index (χ0n) is 9.60. The van der Waals surface area contributed by atoms with E-state index in [1.54, 1.807) is 4.90 Å². The van der Waals surface area contributed by atoms with Crippen LogP contribution in [0.1, 0.15) is 0 Å². The van der Waals surface area contributed by atoms with Crippen molar-refractivity contribution in [3.63, 3.8) is 0 Å². The number of hydrogen-bond donors (Lipinski definition) is 2. The van der Waals surface area contributed by atoms with Gasteiger partial charge in [0.1, 0.15) is 5.82 Å². The van der Waals surface area contributed by atoms with Gasteiger partial charge in [0.15, 0.2) is 0 Å². The number of likely N-dealkylation sites (tertiary alicyclic amines) is 1. The van der Waals surface area contributed by atoms with E-state index < -0.39 is 5.97 Å². The Kier molecular flexibility index (Phi) is 3.57. The molecule has 0 saturated carbocycles. The highest BCUT2D eigenvalue weighted by molar-refractivity contribution is 5.92. The Morgan fingerprint density at radius 2 is 1.94 bits per heavy atom. The van der Waals surface area contributed by atoms with Crippen molar-refractivity contribution in [3.8, 4) is 0 Å². The highest BCUT2D eigenvalue weighted by Gasteiger charge is 2.33. The normalized spacial score (nSPS) is 16.1. The quantitative estimate of drug-likeness (QED) is 0.830. The van der Waals surface area contributed by atoms with Crippen molar-refractivity contribution in [2.24, 2.45) is 5.92 Å². The molecule has 1 fully saturated rings. The summed E-state index contributed by atoms with van der Waals surface area (Å²) in [6.07, 6.45) is 0. The van der Waals surface area contributed by atoms with Crippen LogP contribution >= 0.6 is 0 Å². The maximum absolute atomic E-state index is 12.6. The summed E-state index contributed by atoms with van der Waals surface area (Å²) in [5.41, 5.74) is 0.525. The Balaban J connectivity index is 1.76. The molecule has 1 aromatic carbocycles. The van der Waals surface area contributed by atoms with Gasteiger partial charge in [-0.3, -0.25) is 14.5 Å². The minimum atomic E-state index is -0.829. The lowest BCUT2D eigenvalue weighted by atomic mass is 10.0. The number of carboxylic acids is 1. The summed E-state index contributed by atoms with van der Waals surface area (Å²) in [4.78, 5) is 23.9. The summed E-state index contributed by atoms with van der Waals surface area (Å²) < 4.78 is 12.6. The van der Waals surface area contributed by atoms with Crippen LogP contribution in [0.25, 0.3) is 0 Å². The smallest absolute Gasteiger partial charge is 0.309 e. The Hall–Kier alpha value is -1.95. The van der Waals surface area contributed by atoms with Crippen molar-refractivity contribution in [1.29, 1.82) is 0 Å². The molecule has 0 atom stereocenters. The van der Waals surface area contributed by atoms with Gasteiger partial charge in [0.2, 0.25) is 5.91 Å². The van der Waals surface area contributed by atoms with Crippen LogP contribution in [0.2, 0.25) is 0 Å². The number of carbonyl (C=O) groups excluding carboxylic acids is 1. The van der Waals surface area contributed by atoms with E-state index in [-0.39, 0.29) is 24.2 Å². The summed E-state index contributed by atoms with van der Waals surface area (Å²) in [5, 5.41) is 11.3. The number of amides is 1. The van der Waals surface area contributed by atoms with E-state index in [9.17, 15) is 14.0 Å². The molecule has 0 unspecified atom stereocenters. The van der Waals surface area contributed by atoms with Gasteiger partial charge in [0, 0.05) is 18.8 Å². The number of carbonyl (C=O) groups is 2. The SMILES string of the molecule is O=C(CN1CC(C(=O)O)C1)Nc1ccc(F)cc1. The van der Waals surface area contributed by atoms with Gasteiger partial charge in [0.25, 0.3) is 0 Å². The van der Waals surface area contributed by atoms with Crippen LogP contribution in [-0.4, -0.2) is 41.5 Å². The van der Waals surface area contributed by atoms with Gasteiger partial charge in [-0.25, -0.2) is 4.39 Å². The molecular weight excluding hydrogens is 239 g/mol. The molecule has 0 bridgehead atoms. The first-order valence-corrected chi connectivity index (χ1v) is 5.55. The molecule has 0 radical (unpaired) electrons. The fourth-order valence-electron chi connectivity index (χ4n) is 1.79. The first-order valence-electron chi connectivity index (χ1n) is 5.55. The van der Waals surface area contributed by atoms with Gasteiger partial charge in [-0.15, -0.1) is 0 Å². The molecule has 1 saturated heterocycles. The second-order valence-corrected chi connectivity index (χ2v) is 4.28. The predicted octanol–water partition coefficient (Wildman–Crippen LogP) is 0.781. The van der Waals surface area contributed by atoms with Gasteiger partial charge in [0.05, 0.1) is 12.5 Å². The highest BCUT2D eigenvalue weighted by atomic mass is 19.1. The maximum Gasteiger partial charge on any atom is 0.309 e. The topological polar surface area (TPSA) is 69.6 Å². The first-order chi connectivity index (χ1) is 8.54. The van der Waals surface area contributed by atoms with Crippen LogP contribution in [0.3, 0.4) is 0 Å². The maximum atomic E-state index is 12.6. The van der Waals surface area contributed by atoms with Crippen molar-refractivity contribution in [1.82, 2.24) is 4.90 Å². The van der Waals surface area contributed by atoms with Crippen molar-refractivity contribution in [3.05, 3.63) is 30.1 Å². The fraction of sp³-hybridized carbons (Fsp3) is 0.333. The number of carboxylic acid groups (broad SMARTS) is 1. The van der Waals surface area contributed by atoms with Crippen LogP contribution in [0.4, 0.5) is 10.1 Å². The number of aliphatic carboxylic acids is 1. The minimum absolute atomic E-state index is 0.154. The Bertz CT molecular complexity index is 455.